The molecule has 2 aromatic rings. The van der Waals surface area contributed by atoms with Crippen molar-refractivity contribution in [3.8, 4) is 0 Å². The van der Waals surface area contributed by atoms with Crippen molar-refractivity contribution in [2.45, 2.75) is 50.9 Å². The van der Waals surface area contributed by atoms with Gasteiger partial charge in [0.2, 0.25) is 0 Å². The van der Waals surface area contributed by atoms with E-state index in [4.69, 9.17) is 0 Å². The maximum Gasteiger partial charge on any atom is 0.0544 e. The molecule has 4 rings (SSSR count). The van der Waals surface area contributed by atoms with Crippen molar-refractivity contribution in [2.75, 3.05) is 13.1 Å². The molecule has 0 amide bonds. The lowest BCUT2D eigenvalue weighted by Gasteiger charge is -2.34. The van der Waals surface area contributed by atoms with Crippen molar-refractivity contribution < 1.29 is 0 Å². The van der Waals surface area contributed by atoms with Crippen LogP contribution in [0.1, 0.15) is 37.1 Å². The van der Waals surface area contributed by atoms with Gasteiger partial charge in [0.05, 0.1) is 11.4 Å². The Labute approximate surface area is 193 Å². The lowest BCUT2D eigenvalue weighted by atomic mass is 10.0. The van der Waals surface area contributed by atoms with Gasteiger partial charge in [-0.15, -0.1) is 49.6 Å². The summed E-state index contributed by atoms with van der Waals surface area (Å²) in [6.45, 7) is 4.38. The molecule has 0 aromatic carbocycles. The third kappa shape index (κ3) is 6.72. The predicted octanol–water partition coefficient (Wildman–Crippen LogP) is 4.79. The van der Waals surface area contributed by atoms with Gasteiger partial charge >= 0.3 is 0 Å². The van der Waals surface area contributed by atoms with E-state index in [1.807, 2.05) is 24.5 Å². The molecule has 2 atom stereocenters. The number of aromatic nitrogens is 2. The van der Waals surface area contributed by atoms with Gasteiger partial charge in [-0.1, -0.05) is 12.1 Å². The van der Waals surface area contributed by atoms with E-state index < -0.39 is 0 Å². The summed E-state index contributed by atoms with van der Waals surface area (Å²) >= 11 is 0. The summed E-state index contributed by atoms with van der Waals surface area (Å²) in [5.74, 6) is 0. The molecule has 8 heteroatoms. The zero-order chi connectivity index (χ0) is 16.2. The first kappa shape index (κ1) is 27.4. The first-order valence-electron chi connectivity index (χ1n) is 9.18. The topological polar surface area (TPSA) is 32.3 Å². The highest BCUT2D eigenvalue weighted by atomic mass is 35.5. The standard InChI is InChI=1S/C20H26N4.4ClH/c1-3-11-21-17(7-1)15-23-13-5-9-19(23)20-10-6-14-24(20)16-18-8-2-4-12-22-18;;;;/h1-4,7-8,11-12,19-20H,5-6,9-10,13-16H2;4*1H/t19-,20-;;;;/m1..../s1. The summed E-state index contributed by atoms with van der Waals surface area (Å²) in [5, 5.41) is 0. The largest absolute Gasteiger partial charge is 0.293 e. The van der Waals surface area contributed by atoms with E-state index in [0.717, 1.165) is 13.1 Å². The second-order valence-electron chi connectivity index (χ2n) is 7.00. The Hall–Kier alpha value is -0.620. The van der Waals surface area contributed by atoms with E-state index in [1.165, 1.54) is 50.2 Å². The van der Waals surface area contributed by atoms with Crippen molar-refractivity contribution >= 4 is 49.6 Å². The fraction of sp³-hybridized carbons (Fsp3) is 0.500. The normalized spacial score (nSPS) is 21.7. The van der Waals surface area contributed by atoms with E-state index in [1.54, 1.807) is 0 Å². The zero-order valence-corrected chi connectivity index (χ0v) is 19.1. The molecule has 2 saturated heterocycles. The molecule has 2 aliphatic heterocycles. The Kier molecular flexibility index (Phi) is 13.3. The van der Waals surface area contributed by atoms with Gasteiger partial charge in [-0.05, 0) is 63.0 Å². The van der Waals surface area contributed by atoms with Crippen molar-refractivity contribution in [3.05, 3.63) is 60.2 Å². The molecule has 2 aliphatic rings. The van der Waals surface area contributed by atoms with Gasteiger partial charge in [0.15, 0.2) is 0 Å². The lowest BCUT2D eigenvalue weighted by Crippen LogP contribution is -2.45. The SMILES string of the molecule is Cl.Cl.Cl.Cl.c1ccc(CN2CCC[C@@H]2[C@H]2CCCN2Cc2ccccn2)nc1. The first-order valence-corrected chi connectivity index (χ1v) is 9.18. The molecule has 2 aromatic heterocycles. The summed E-state index contributed by atoms with van der Waals surface area (Å²) in [4.78, 5) is 14.4. The van der Waals surface area contributed by atoms with Gasteiger partial charge in [-0.25, -0.2) is 0 Å². The molecule has 0 radical (unpaired) electrons. The molecular formula is C20H30Cl4N4. The summed E-state index contributed by atoms with van der Waals surface area (Å²) in [7, 11) is 0. The van der Waals surface area contributed by atoms with Crippen molar-refractivity contribution in [1.82, 2.24) is 19.8 Å². The Balaban J connectivity index is 0.00000182. The highest BCUT2D eigenvalue weighted by Gasteiger charge is 2.37. The van der Waals surface area contributed by atoms with E-state index in [9.17, 15) is 0 Å². The first-order chi connectivity index (χ1) is 11.9. The van der Waals surface area contributed by atoms with Crippen molar-refractivity contribution in [1.29, 1.82) is 0 Å². The minimum Gasteiger partial charge on any atom is -0.293 e. The molecule has 0 spiro atoms. The molecule has 0 unspecified atom stereocenters. The number of nitrogens with zero attached hydrogens (tertiary/aromatic N) is 4. The van der Waals surface area contributed by atoms with Gasteiger partial charge in [-0.2, -0.15) is 0 Å². The minimum atomic E-state index is 0. The average Bonchev–Trinajstić information content (AvgIpc) is 3.26. The van der Waals surface area contributed by atoms with Gasteiger partial charge < -0.3 is 0 Å². The predicted molar refractivity (Wildman–Crippen MR) is 124 cm³/mol. The molecule has 0 saturated carbocycles. The summed E-state index contributed by atoms with van der Waals surface area (Å²) < 4.78 is 0. The van der Waals surface area contributed by atoms with Crippen LogP contribution in [0.4, 0.5) is 0 Å². The Morgan fingerprint density at radius 1 is 0.679 bits per heavy atom. The molecule has 4 nitrogen and oxygen atoms in total. The van der Waals surface area contributed by atoms with E-state index in [2.05, 4.69) is 44.0 Å². The highest BCUT2D eigenvalue weighted by molar-refractivity contribution is 5.86. The Morgan fingerprint density at radius 2 is 1.11 bits per heavy atom. The number of likely N-dealkylation sites (tertiary alicyclic amines) is 2. The molecule has 0 aliphatic carbocycles. The molecular weight excluding hydrogens is 438 g/mol. The van der Waals surface area contributed by atoms with Crippen LogP contribution in [0.25, 0.3) is 0 Å². The quantitative estimate of drug-likeness (QED) is 0.632. The molecule has 28 heavy (non-hydrogen) atoms. The van der Waals surface area contributed by atoms with Crippen molar-refractivity contribution in [3.63, 3.8) is 0 Å². The molecule has 2 fully saturated rings. The highest BCUT2D eigenvalue weighted by Crippen LogP contribution is 2.31. The lowest BCUT2D eigenvalue weighted by molar-refractivity contribution is 0.122. The van der Waals surface area contributed by atoms with Crippen LogP contribution in [0.5, 0.6) is 0 Å². The van der Waals surface area contributed by atoms with Crippen LogP contribution in [-0.2, 0) is 13.1 Å². The van der Waals surface area contributed by atoms with E-state index >= 15 is 0 Å². The van der Waals surface area contributed by atoms with Gasteiger partial charge in [-0.3, -0.25) is 19.8 Å². The number of halogens is 4. The van der Waals surface area contributed by atoms with Crippen molar-refractivity contribution in [2.24, 2.45) is 0 Å². The van der Waals surface area contributed by atoms with E-state index in [-0.39, 0.29) is 49.6 Å². The smallest absolute Gasteiger partial charge is 0.0544 e. The second kappa shape index (κ2) is 13.6. The Bertz CT molecular complexity index is 590. The van der Waals surface area contributed by atoms with Crippen LogP contribution in [0.15, 0.2) is 48.8 Å². The number of hydrogen-bond acceptors (Lipinski definition) is 4. The van der Waals surface area contributed by atoms with Gasteiger partial charge in [0, 0.05) is 37.6 Å². The summed E-state index contributed by atoms with van der Waals surface area (Å²) in [6, 6.07) is 13.8. The fourth-order valence-corrected chi connectivity index (χ4v) is 4.37. The average molecular weight is 468 g/mol. The van der Waals surface area contributed by atoms with Crippen LogP contribution in [0.2, 0.25) is 0 Å². The summed E-state index contributed by atoms with van der Waals surface area (Å²) in [5.41, 5.74) is 2.39. The van der Waals surface area contributed by atoms with Gasteiger partial charge in [0.1, 0.15) is 0 Å². The van der Waals surface area contributed by atoms with Crippen LogP contribution < -0.4 is 0 Å². The maximum atomic E-state index is 4.52. The fourth-order valence-electron chi connectivity index (χ4n) is 4.37. The molecule has 0 N–H and O–H groups in total. The van der Waals surface area contributed by atoms with Crippen LogP contribution >= 0.6 is 49.6 Å². The monoisotopic (exact) mass is 466 g/mol. The summed E-state index contributed by atoms with van der Waals surface area (Å²) in [6.07, 6.45) is 9.07. The number of hydrogen-bond donors (Lipinski definition) is 0. The van der Waals surface area contributed by atoms with Crippen LogP contribution in [0, 0.1) is 0 Å². The molecule has 4 heterocycles. The van der Waals surface area contributed by atoms with Crippen LogP contribution in [-0.4, -0.2) is 44.9 Å². The zero-order valence-electron chi connectivity index (χ0n) is 15.9. The molecule has 0 bridgehead atoms. The number of rotatable bonds is 5. The maximum absolute atomic E-state index is 4.52. The third-order valence-corrected chi connectivity index (χ3v) is 5.46. The van der Waals surface area contributed by atoms with E-state index in [0.29, 0.717) is 12.1 Å². The number of pyridine rings is 2. The second-order valence-corrected chi connectivity index (χ2v) is 7.00. The molecule has 158 valence electrons. The van der Waals surface area contributed by atoms with Gasteiger partial charge in [0.25, 0.3) is 0 Å². The Morgan fingerprint density at radius 3 is 1.46 bits per heavy atom. The third-order valence-electron chi connectivity index (χ3n) is 5.46. The minimum absolute atomic E-state index is 0. The van der Waals surface area contributed by atoms with Crippen LogP contribution in [0.3, 0.4) is 0 Å².